The fourth-order valence-corrected chi connectivity index (χ4v) is 4.38. The van der Waals surface area contributed by atoms with Crippen molar-refractivity contribution in [3.63, 3.8) is 0 Å². The average molecular weight is 434 g/mol. The van der Waals surface area contributed by atoms with Crippen molar-refractivity contribution in [2.75, 3.05) is 25.2 Å². The summed E-state index contributed by atoms with van der Waals surface area (Å²) in [5.74, 6) is 1.64. The number of anilines is 1. The first-order valence-corrected chi connectivity index (χ1v) is 10.6. The van der Waals surface area contributed by atoms with Gasteiger partial charge >= 0.3 is 0 Å². The molecule has 166 valence electrons. The Hall–Kier alpha value is -3.72. The Balaban J connectivity index is 1.57. The molecule has 0 amide bonds. The Labute approximate surface area is 186 Å². The van der Waals surface area contributed by atoms with Crippen molar-refractivity contribution in [2.45, 2.75) is 18.9 Å². The standard InChI is InChI=1S/C23H27N7O2/c1-28-14-17(13-27-28)15-3-4-19(20(11-15)31-2)30-21-16(12-26-23(30)25)5-8-29(22(21)24)18-6-9-32-10-7-18/h3-5,8,11-14,18H,6-7,9-10,24H2,1-2H3,(H2,25,26). The molecule has 0 bridgehead atoms. The molecule has 3 aliphatic heterocycles. The van der Waals surface area contributed by atoms with Crippen LogP contribution in [0.15, 0.2) is 71.2 Å². The lowest BCUT2D eigenvalue weighted by Crippen LogP contribution is -2.46. The minimum absolute atomic E-state index is 0.283. The third-order valence-corrected chi connectivity index (χ3v) is 6.04. The third kappa shape index (κ3) is 3.40. The Morgan fingerprint density at radius 2 is 1.97 bits per heavy atom. The molecule has 1 aromatic heterocycles. The van der Waals surface area contributed by atoms with E-state index in [1.807, 2.05) is 54.8 Å². The molecular weight excluding hydrogens is 406 g/mol. The minimum atomic E-state index is 0.283. The molecule has 1 saturated heterocycles. The van der Waals surface area contributed by atoms with Crippen molar-refractivity contribution < 1.29 is 9.47 Å². The second kappa shape index (κ2) is 8.08. The molecule has 1 fully saturated rings. The van der Waals surface area contributed by atoms with Crippen molar-refractivity contribution >= 4 is 11.6 Å². The number of aliphatic imine (C=N–C) groups is 1. The van der Waals surface area contributed by atoms with Gasteiger partial charge in [0.1, 0.15) is 11.6 Å². The van der Waals surface area contributed by atoms with Crippen molar-refractivity contribution in [1.82, 2.24) is 14.7 Å². The first kappa shape index (κ1) is 20.2. The van der Waals surface area contributed by atoms with Crippen molar-refractivity contribution in [3.8, 4) is 16.9 Å². The highest BCUT2D eigenvalue weighted by molar-refractivity contribution is 6.02. The highest BCUT2D eigenvalue weighted by Crippen LogP contribution is 2.40. The van der Waals surface area contributed by atoms with Gasteiger partial charge in [0.05, 0.1) is 24.7 Å². The number of aryl methyl sites for hydroxylation is 1. The molecule has 0 spiro atoms. The van der Waals surface area contributed by atoms with Crippen molar-refractivity contribution in [2.24, 2.45) is 23.5 Å². The summed E-state index contributed by atoms with van der Waals surface area (Å²) in [6.07, 6.45) is 11.4. The van der Waals surface area contributed by atoms with Gasteiger partial charge in [-0.1, -0.05) is 6.07 Å². The topological polar surface area (TPSA) is 107 Å². The fraction of sp³-hybridized carbons (Fsp3) is 0.304. The van der Waals surface area contributed by atoms with Gasteiger partial charge in [-0.3, -0.25) is 9.58 Å². The van der Waals surface area contributed by atoms with E-state index >= 15 is 0 Å². The monoisotopic (exact) mass is 433 g/mol. The van der Waals surface area contributed by atoms with Crippen molar-refractivity contribution in [1.29, 1.82) is 0 Å². The van der Waals surface area contributed by atoms with Crippen LogP contribution >= 0.6 is 0 Å². The van der Waals surface area contributed by atoms with Gasteiger partial charge in [-0.2, -0.15) is 5.10 Å². The number of nitrogens with zero attached hydrogens (tertiary/aromatic N) is 5. The van der Waals surface area contributed by atoms with Gasteiger partial charge in [0, 0.05) is 56.0 Å². The zero-order chi connectivity index (χ0) is 22.2. The van der Waals surface area contributed by atoms with Gasteiger partial charge in [-0.25, -0.2) is 4.99 Å². The normalized spacial score (nSPS) is 19.1. The number of allylic oxidation sites excluding steroid dienone is 1. The van der Waals surface area contributed by atoms with Crippen LogP contribution in [0.4, 0.5) is 5.69 Å². The Morgan fingerprint density at radius 3 is 2.69 bits per heavy atom. The van der Waals surface area contributed by atoms with Crippen LogP contribution in [0.25, 0.3) is 11.1 Å². The number of benzene rings is 1. The zero-order valence-electron chi connectivity index (χ0n) is 18.2. The van der Waals surface area contributed by atoms with E-state index < -0.39 is 0 Å². The van der Waals surface area contributed by atoms with E-state index in [1.54, 1.807) is 18.0 Å². The number of aromatic nitrogens is 2. The molecule has 0 saturated carbocycles. The van der Waals surface area contributed by atoms with Gasteiger partial charge in [-0.05, 0) is 36.6 Å². The largest absolute Gasteiger partial charge is 0.495 e. The number of rotatable bonds is 4. The number of nitrogens with two attached hydrogens (primary N) is 2. The van der Waals surface area contributed by atoms with E-state index in [0.717, 1.165) is 54.1 Å². The molecule has 0 radical (unpaired) electrons. The number of hydrogen-bond acceptors (Lipinski definition) is 8. The first-order valence-electron chi connectivity index (χ1n) is 10.6. The molecule has 2 aromatic rings. The van der Waals surface area contributed by atoms with Gasteiger partial charge in [0.2, 0.25) is 5.96 Å². The van der Waals surface area contributed by atoms with Crippen LogP contribution in [-0.2, 0) is 11.8 Å². The van der Waals surface area contributed by atoms with Crippen LogP contribution in [0.2, 0.25) is 0 Å². The summed E-state index contributed by atoms with van der Waals surface area (Å²) in [6.45, 7) is 1.47. The van der Waals surface area contributed by atoms with E-state index in [4.69, 9.17) is 20.9 Å². The lowest BCUT2D eigenvalue weighted by molar-refractivity contribution is 0.0567. The maximum Gasteiger partial charge on any atom is 0.205 e. The highest BCUT2D eigenvalue weighted by atomic mass is 16.5. The molecular formula is C23H27N7O2. The molecule has 3 aliphatic rings. The quantitative estimate of drug-likeness (QED) is 0.761. The van der Waals surface area contributed by atoms with Gasteiger partial charge in [0.25, 0.3) is 0 Å². The van der Waals surface area contributed by atoms with Crippen LogP contribution in [0.1, 0.15) is 12.8 Å². The van der Waals surface area contributed by atoms with Crippen LogP contribution < -0.4 is 21.1 Å². The smallest absolute Gasteiger partial charge is 0.205 e. The van der Waals surface area contributed by atoms with Crippen LogP contribution in [-0.4, -0.2) is 47.0 Å². The molecule has 1 aromatic carbocycles. The molecule has 9 heteroatoms. The molecule has 0 atom stereocenters. The number of methoxy groups -OCH3 is 1. The van der Waals surface area contributed by atoms with E-state index in [1.165, 1.54) is 0 Å². The summed E-state index contributed by atoms with van der Waals surface area (Å²) in [5, 5.41) is 4.26. The summed E-state index contributed by atoms with van der Waals surface area (Å²) in [5.41, 5.74) is 17.6. The lowest BCUT2D eigenvalue weighted by Gasteiger charge is -2.40. The predicted molar refractivity (Wildman–Crippen MR) is 123 cm³/mol. The summed E-state index contributed by atoms with van der Waals surface area (Å²) >= 11 is 0. The van der Waals surface area contributed by atoms with Gasteiger partial charge < -0.3 is 25.8 Å². The molecule has 5 rings (SSSR count). The maximum absolute atomic E-state index is 6.74. The summed E-state index contributed by atoms with van der Waals surface area (Å²) in [6, 6.07) is 6.25. The van der Waals surface area contributed by atoms with E-state index in [9.17, 15) is 0 Å². The molecule has 4 N–H and O–H groups in total. The third-order valence-electron chi connectivity index (χ3n) is 6.04. The summed E-state index contributed by atoms with van der Waals surface area (Å²) < 4.78 is 13.1. The first-order chi connectivity index (χ1) is 15.6. The number of hydrogen-bond donors (Lipinski definition) is 2. The van der Waals surface area contributed by atoms with E-state index in [0.29, 0.717) is 17.5 Å². The van der Waals surface area contributed by atoms with E-state index in [2.05, 4.69) is 15.0 Å². The molecule has 4 heterocycles. The maximum atomic E-state index is 6.74. The van der Waals surface area contributed by atoms with Crippen molar-refractivity contribution in [3.05, 3.63) is 66.2 Å². The molecule has 0 unspecified atom stereocenters. The van der Waals surface area contributed by atoms with E-state index in [-0.39, 0.29) is 6.04 Å². The average Bonchev–Trinajstić information content (AvgIpc) is 3.26. The second-order valence-corrected chi connectivity index (χ2v) is 8.00. The number of ether oxygens (including phenoxy) is 2. The Kier molecular flexibility index (Phi) is 5.10. The molecule has 9 nitrogen and oxygen atoms in total. The summed E-state index contributed by atoms with van der Waals surface area (Å²) in [4.78, 5) is 8.40. The van der Waals surface area contributed by atoms with Crippen LogP contribution in [0.3, 0.4) is 0 Å². The molecule has 0 aliphatic carbocycles. The minimum Gasteiger partial charge on any atom is -0.495 e. The second-order valence-electron chi connectivity index (χ2n) is 8.00. The number of guanidine groups is 1. The number of fused-ring (bicyclic) bond motifs is 1. The Bertz CT molecular complexity index is 1150. The Morgan fingerprint density at radius 1 is 1.16 bits per heavy atom. The predicted octanol–water partition coefficient (Wildman–Crippen LogP) is 2.25. The fourth-order valence-electron chi connectivity index (χ4n) is 4.38. The van der Waals surface area contributed by atoms with Crippen LogP contribution in [0.5, 0.6) is 5.75 Å². The van der Waals surface area contributed by atoms with Gasteiger partial charge in [-0.15, -0.1) is 0 Å². The lowest BCUT2D eigenvalue weighted by atomic mass is 10.0. The zero-order valence-corrected chi connectivity index (χ0v) is 18.2. The van der Waals surface area contributed by atoms with Gasteiger partial charge in [0.15, 0.2) is 0 Å². The molecule has 32 heavy (non-hydrogen) atoms. The van der Waals surface area contributed by atoms with Crippen LogP contribution in [0, 0.1) is 0 Å². The summed E-state index contributed by atoms with van der Waals surface area (Å²) in [7, 11) is 3.54. The highest BCUT2D eigenvalue weighted by Gasteiger charge is 2.33. The SMILES string of the molecule is COc1cc(-c2cnn(C)c2)ccc1N1C(N)=NC=C2C=CN(C3CCOCC3)C(N)=C21.